The number of carbonyl (C=O) groups is 2. The monoisotopic (exact) mass is 371 g/mol. The minimum Gasteiger partial charge on any atom is -0.484 e. The second-order valence-electron chi connectivity index (χ2n) is 6.66. The summed E-state index contributed by atoms with van der Waals surface area (Å²) in [5, 5.41) is 5.07. The van der Waals surface area contributed by atoms with Gasteiger partial charge in [-0.05, 0) is 47.7 Å². The molecule has 3 rings (SSSR count). The number of rotatable bonds is 7. The lowest BCUT2D eigenvalue weighted by Gasteiger charge is -2.23. The first-order chi connectivity index (χ1) is 13.1. The van der Waals surface area contributed by atoms with Crippen LogP contribution in [0.4, 0.5) is 0 Å². The van der Waals surface area contributed by atoms with Gasteiger partial charge in [-0.1, -0.05) is 24.3 Å². The molecule has 1 N–H and O–H groups in total. The van der Waals surface area contributed by atoms with Crippen LogP contribution >= 0.6 is 0 Å². The molecule has 0 atom stereocenters. The van der Waals surface area contributed by atoms with Crippen molar-refractivity contribution in [1.29, 1.82) is 0 Å². The van der Waals surface area contributed by atoms with Gasteiger partial charge in [-0.3, -0.25) is 9.59 Å². The van der Waals surface area contributed by atoms with Gasteiger partial charge in [-0.15, -0.1) is 0 Å². The highest BCUT2D eigenvalue weighted by atomic mass is 16.5. The smallest absolute Gasteiger partial charge is 0.305 e. The summed E-state index contributed by atoms with van der Waals surface area (Å²) in [5.41, 5.74) is 1.06. The maximum atomic E-state index is 12.1. The van der Waals surface area contributed by atoms with Crippen molar-refractivity contribution in [2.24, 2.45) is 0 Å². The normalized spacial score (nSPS) is 14.7. The number of aryl methyl sites for hydroxylation is 1. The fourth-order valence-corrected chi connectivity index (χ4v) is 3.13. The van der Waals surface area contributed by atoms with Crippen LogP contribution in [0.5, 0.6) is 5.75 Å². The number of ether oxygens (including phenoxy) is 3. The number of benzene rings is 2. The second kappa shape index (κ2) is 9.37. The SMILES string of the molecule is COC(=O)CCc1ccc2ccc(OCC(=O)NC3CCOCC3)cc2c1. The van der Waals surface area contributed by atoms with E-state index in [-0.39, 0.29) is 24.5 Å². The molecule has 1 heterocycles. The molecule has 1 saturated heterocycles. The molecule has 2 aromatic rings. The molecule has 6 nitrogen and oxygen atoms in total. The second-order valence-corrected chi connectivity index (χ2v) is 6.66. The van der Waals surface area contributed by atoms with Gasteiger partial charge in [0, 0.05) is 25.7 Å². The first kappa shape index (κ1) is 19.2. The third kappa shape index (κ3) is 5.69. The van der Waals surface area contributed by atoms with Crippen molar-refractivity contribution in [1.82, 2.24) is 5.32 Å². The van der Waals surface area contributed by atoms with Crippen LogP contribution in [-0.2, 0) is 25.5 Å². The first-order valence-electron chi connectivity index (χ1n) is 9.23. The molecule has 1 fully saturated rings. The number of amides is 1. The Kier molecular flexibility index (Phi) is 6.65. The first-order valence-corrected chi connectivity index (χ1v) is 9.23. The van der Waals surface area contributed by atoms with E-state index in [2.05, 4.69) is 10.1 Å². The van der Waals surface area contributed by atoms with E-state index in [1.165, 1.54) is 7.11 Å². The zero-order valence-electron chi connectivity index (χ0n) is 15.5. The minimum atomic E-state index is -0.220. The molecule has 1 aliphatic rings. The molecule has 27 heavy (non-hydrogen) atoms. The predicted molar refractivity (Wildman–Crippen MR) is 102 cm³/mol. The lowest BCUT2D eigenvalue weighted by Crippen LogP contribution is -2.41. The van der Waals surface area contributed by atoms with E-state index in [4.69, 9.17) is 9.47 Å². The number of esters is 1. The van der Waals surface area contributed by atoms with E-state index in [1.807, 2.05) is 36.4 Å². The molecule has 0 aromatic heterocycles. The quantitative estimate of drug-likeness (QED) is 0.758. The molecule has 0 unspecified atom stereocenters. The summed E-state index contributed by atoms with van der Waals surface area (Å²) in [6.07, 6.45) is 2.66. The third-order valence-electron chi connectivity index (χ3n) is 4.68. The van der Waals surface area contributed by atoms with Crippen LogP contribution < -0.4 is 10.1 Å². The van der Waals surface area contributed by atoms with Gasteiger partial charge < -0.3 is 19.5 Å². The number of carbonyl (C=O) groups excluding carboxylic acids is 2. The van der Waals surface area contributed by atoms with E-state index in [0.717, 1.165) is 29.2 Å². The summed E-state index contributed by atoms with van der Waals surface area (Å²) in [7, 11) is 1.39. The van der Waals surface area contributed by atoms with Crippen molar-refractivity contribution in [2.45, 2.75) is 31.7 Å². The Bertz CT molecular complexity index is 798. The molecule has 0 saturated carbocycles. The fraction of sp³-hybridized carbons (Fsp3) is 0.429. The van der Waals surface area contributed by atoms with Gasteiger partial charge in [-0.25, -0.2) is 0 Å². The lowest BCUT2D eigenvalue weighted by atomic mass is 10.0. The Morgan fingerprint density at radius 3 is 2.67 bits per heavy atom. The van der Waals surface area contributed by atoms with E-state index in [1.54, 1.807) is 0 Å². The molecule has 2 aromatic carbocycles. The average Bonchev–Trinajstić information content (AvgIpc) is 2.70. The van der Waals surface area contributed by atoms with Crippen LogP contribution in [-0.4, -0.2) is 44.8 Å². The van der Waals surface area contributed by atoms with Crippen molar-refractivity contribution in [2.75, 3.05) is 26.9 Å². The zero-order chi connectivity index (χ0) is 19.1. The van der Waals surface area contributed by atoms with Gasteiger partial charge in [0.25, 0.3) is 5.91 Å². The number of fused-ring (bicyclic) bond motifs is 1. The summed E-state index contributed by atoms with van der Waals surface area (Å²) >= 11 is 0. The Morgan fingerprint density at radius 2 is 1.89 bits per heavy atom. The van der Waals surface area contributed by atoms with Crippen LogP contribution in [0, 0.1) is 0 Å². The molecule has 0 radical (unpaired) electrons. The Labute approximate surface area is 158 Å². The minimum absolute atomic E-state index is 0.00903. The Morgan fingerprint density at radius 1 is 1.11 bits per heavy atom. The Hall–Kier alpha value is -2.60. The van der Waals surface area contributed by atoms with Crippen LogP contribution in [0.3, 0.4) is 0 Å². The molecular weight excluding hydrogens is 346 g/mol. The highest BCUT2D eigenvalue weighted by molar-refractivity contribution is 5.85. The molecule has 0 spiro atoms. The van der Waals surface area contributed by atoms with Crippen molar-refractivity contribution in [3.63, 3.8) is 0 Å². The topological polar surface area (TPSA) is 73.9 Å². The van der Waals surface area contributed by atoms with Crippen LogP contribution in [0.15, 0.2) is 36.4 Å². The van der Waals surface area contributed by atoms with Gasteiger partial charge >= 0.3 is 5.97 Å². The molecule has 6 heteroatoms. The van der Waals surface area contributed by atoms with Gasteiger partial charge in [-0.2, -0.15) is 0 Å². The summed E-state index contributed by atoms with van der Waals surface area (Å²) in [6.45, 7) is 1.37. The summed E-state index contributed by atoms with van der Waals surface area (Å²) in [5.74, 6) is 0.311. The average molecular weight is 371 g/mol. The van der Waals surface area contributed by atoms with E-state index >= 15 is 0 Å². The summed E-state index contributed by atoms with van der Waals surface area (Å²) in [6, 6.07) is 12.0. The van der Waals surface area contributed by atoms with Crippen LogP contribution in [0.2, 0.25) is 0 Å². The third-order valence-corrected chi connectivity index (χ3v) is 4.68. The van der Waals surface area contributed by atoms with E-state index in [0.29, 0.717) is 31.8 Å². The van der Waals surface area contributed by atoms with Gasteiger partial charge in [0.2, 0.25) is 0 Å². The molecule has 144 valence electrons. The van der Waals surface area contributed by atoms with Crippen molar-refractivity contribution < 1.29 is 23.8 Å². The lowest BCUT2D eigenvalue weighted by molar-refractivity contribution is -0.140. The summed E-state index contributed by atoms with van der Waals surface area (Å²) in [4.78, 5) is 23.4. The van der Waals surface area contributed by atoms with Crippen molar-refractivity contribution in [3.8, 4) is 5.75 Å². The molecular formula is C21H25NO5. The maximum absolute atomic E-state index is 12.1. The fourth-order valence-electron chi connectivity index (χ4n) is 3.13. The highest BCUT2D eigenvalue weighted by Gasteiger charge is 2.16. The standard InChI is InChI=1S/C21H25NO5/c1-25-21(24)7-3-15-2-4-16-5-6-19(13-17(16)12-15)27-14-20(23)22-18-8-10-26-11-9-18/h2,4-6,12-13,18H,3,7-11,14H2,1H3,(H,22,23). The largest absolute Gasteiger partial charge is 0.484 e. The van der Waals surface area contributed by atoms with E-state index in [9.17, 15) is 9.59 Å². The predicted octanol–water partition coefficient (Wildman–Crippen LogP) is 2.62. The molecule has 0 aliphatic carbocycles. The number of methoxy groups -OCH3 is 1. The number of hydrogen-bond donors (Lipinski definition) is 1. The van der Waals surface area contributed by atoms with Gasteiger partial charge in [0.1, 0.15) is 5.75 Å². The van der Waals surface area contributed by atoms with Crippen LogP contribution in [0.1, 0.15) is 24.8 Å². The van der Waals surface area contributed by atoms with Crippen molar-refractivity contribution >= 4 is 22.6 Å². The van der Waals surface area contributed by atoms with Gasteiger partial charge in [0.15, 0.2) is 6.61 Å². The molecule has 0 bridgehead atoms. The van der Waals surface area contributed by atoms with E-state index < -0.39 is 0 Å². The zero-order valence-corrected chi connectivity index (χ0v) is 15.5. The number of nitrogens with one attached hydrogen (secondary N) is 1. The van der Waals surface area contributed by atoms with Crippen LogP contribution in [0.25, 0.3) is 10.8 Å². The highest BCUT2D eigenvalue weighted by Crippen LogP contribution is 2.23. The van der Waals surface area contributed by atoms with Crippen molar-refractivity contribution in [3.05, 3.63) is 42.0 Å². The molecule has 1 amide bonds. The maximum Gasteiger partial charge on any atom is 0.305 e. The molecule has 1 aliphatic heterocycles. The summed E-state index contributed by atoms with van der Waals surface area (Å²) < 4.78 is 15.6. The number of hydrogen-bond acceptors (Lipinski definition) is 5. The Balaban J connectivity index is 1.57. The van der Waals surface area contributed by atoms with Gasteiger partial charge in [0.05, 0.1) is 7.11 Å².